The molecule has 0 atom stereocenters. The molecule has 0 radical (unpaired) electrons. The minimum atomic E-state index is -0.508. The van der Waals surface area contributed by atoms with Crippen molar-refractivity contribution in [2.24, 2.45) is 0 Å². The monoisotopic (exact) mass is 203 g/mol. The molecule has 0 unspecified atom stereocenters. The summed E-state index contributed by atoms with van der Waals surface area (Å²) in [5.41, 5.74) is 0.587. The highest BCUT2D eigenvalue weighted by atomic mass is 19.1. The minimum absolute atomic E-state index is 0.270. The first-order chi connectivity index (χ1) is 7.27. The van der Waals surface area contributed by atoms with E-state index in [-0.39, 0.29) is 12.1 Å². The van der Waals surface area contributed by atoms with Crippen LogP contribution in [0.3, 0.4) is 0 Å². The number of benzene rings is 1. The lowest BCUT2D eigenvalue weighted by Gasteiger charge is -2.06. The van der Waals surface area contributed by atoms with Crippen molar-refractivity contribution in [1.82, 2.24) is 4.57 Å². The molecule has 2 nitrogen and oxygen atoms in total. The molecule has 0 amide bonds. The number of pyridine rings is 1. The van der Waals surface area contributed by atoms with Crippen LogP contribution in [0.5, 0.6) is 0 Å². The Hall–Kier alpha value is -1.90. The first kappa shape index (κ1) is 9.65. The molecule has 0 saturated heterocycles. The second kappa shape index (κ2) is 4.09. The van der Waals surface area contributed by atoms with Crippen LogP contribution in [0, 0.1) is 5.95 Å². The lowest BCUT2D eigenvalue weighted by Crippen LogP contribution is -2.22. The Bertz CT molecular complexity index is 505. The van der Waals surface area contributed by atoms with E-state index >= 15 is 0 Å². The third-order valence-corrected chi connectivity index (χ3v) is 2.18. The molecule has 0 fully saturated rings. The minimum Gasteiger partial charge on any atom is -0.280 e. The maximum Gasteiger partial charge on any atom is 0.253 e. The van der Waals surface area contributed by atoms with Crippen molar-refractivity contribution in [3.8, 4) is 0 Å². The quantitative estimate of drug-likeness (QED) is 0.684. The van der Waals surface area contributed by atoms with E-state index in [0.29, 0.717) is 0 Å². The lowest BCUT2D eigenvalue weighted by molar-refractivity contribution is 0.495. The van der Waals surface area contributed by atoms with Crippen LogP contribution >= 0.6 is 0 Å². The Morgan fingerprint density at radius 2 is 1.73 bits per heavy atom. The summed E-state index contributed by atoms with van der Waals surface area (Å²) in [5, 5.41) is 0. The zero-order valence-corrected chi connectivity index (χ0v) is 8.06. The summed E-state index contributed by atoms with van der Waals surface area (Å²) in [7, 11) is 0. The molecule has 76 valence electrons. The summed E-state index contributed by atoms with van der Waals surface area (Å²) in [5.74, 6) is -0.508. The molecule has 0 aliphatic carbocycles. The van der Waals surface area contributed by atoms with Gasteiger partial charge in [-0.15, -0.1) is 0 Å². The maximum absolute atomic E-state index is 13.3. The third kappa shape index (κ3) is 2.13. The summed E-state index contributed by atoms with van der Waals surface area (Å²) in [4.78, 5) is 11.4. The van der Waals surface area contributed by atoms with E-state index in [4.69, 9.17) is 0 Å². The Labute approximate surface area is 86.6 Å². The molecule has 0 N–H and O–H groups in total. The highest BCUT2D eigenvalue weighted by Gasteiger charge is 2.02. The number of rotatable bonds is 2. The number of nitrogens with zero attached hydrogens (tertiary/aromatic N) is 1. The highest BCUT2D eigenvalue weighted by molar-refractivity contribution is 5.15. The second-order valence-corrected chi connectivity index (χ2v) is 3.26. The van der Waals surface area contributed by atoms with E-state index in [9.17, 15) is 9.18 Å². The van der Waals surface area contributed by atoms with Gasteiger partial charge in [0.05, 0.1) is 6.54 Å². The molecule has 2 aromatic rings. The SMILES string of the molecule is O=c1cccc(F)n1Cc1ccccc1. The first-order valence-corrected chi connectivity index (χ1v) is 4.66. The second-order valence-electron chi connectivity index (χ2n) is 3.26. The average molecular weight is 203 g/mol. The van der Waals surface area contributed by atoms with Gasteiger partial charge in [-0.25, -0.2) is 0 Å². The van der Waals surface area contributed by atoms with Gasteiger partial charge in [0.2, 0.25) is 0 Å². The van der Waals surface area contributed by atoms with Crippen molar-refractivity contribution in [2.75, 3.05) is 0 Å². The van der Waals surface area contributed by atoms with E-state index in [1.165, 1.54) is 18.2 Å². The normalized spacial score (nSPS) is 10.2. The van der Waals surface area contributed by atoms with Crippen molar-refractivity contribution in [3.63, 3.8) is 0 Å². The van der Waals surface area contributed by atoms with Gasteiger partial charge >= 0.3 is 0 Å². The molecule has 0 bridgehead atoms. The molecule has 0 spiro atoms. The molecule has 0 aliphatic heterocycles. The topological polar surface area (TPSA) is 22.0 Å². The lowest BCUT2D eigenvalue weighted by atomic mass is 10.2. The molecule has 1 aromatic carbocycles. The van der Waals surface area contributed by atoms with Gasteiger partial charge in [0.15, 0.2) is 5.95 Å². The van der Waals surface area contributed by atoms with Crippen LogP contribution in [-0.4, -0.2) is 4.57 Å². The Morgan fingerprint density at radius 3 is 2.40 bits per heavy atom. The summed E-state index contributed by atoms with van der Waals surface area (Å²) < 4.78 is 14.4. The fourth-order valence-electron chi connectivity index (χ4n) is 1.41. The molecule has 0 saturated carbocycles. The Kier molecular flexibility index (Phi) is 2.63. The van der Waals surface area contributed by atoms with Crippen LogP contribution in [0.25, 0.3) is 0 Å². The van der Waals surface area contributed by atoms with E-state index in [2.05, 4.69) is 0 Å². The predicted octanol–water partition coefficient (Wildman–Crippen LogP) is 2.04. The van der Waals surface area contributed by atoms with Gasteiger partial charge in [-0.2, -0.15) is 4.39 Å². The van der Waals surface area contributed by atoms with E-state index in [0.717, 1.165) is 10.1 Å². The smallest absolute Gasteiger partial charge is 0.253 e. The molecule has 3 heteroatoms. The van der Waals surface area contributed by atoms with Gasteiger partial charge in [0.25, 0.3) is 5.56 Å². The number of hydrogen-bond acceptors (Lipinski definition) is 1. The standard InChI is InChI=1S/C12H10FNO/c13-11-7-4-8-12(15)14(11)9-10-5-2-1-3-6-10/h1-8H,9H2. The van der Waals surface area contributed by atoms with Crippen LogP contribution in [-0.2, 0) is 6.54 Å². The zero-order chi connectivity index (χ0) is 10.7. The summed E-state index contributed by atoms with van der Waals surface area (Å²) in [6.45, 7) is 0.270. The fourth-order valence-corrected chi connectivity index (χ4v) is 1.41. The van der Waals surface area contributed by atoms with Crippen LogP contribution < -0.4 is 5.56 Å². The molecule has 2 rings (SSSR count). The van der Waals surface area contributed by atoms with Gasteiger partial charge in [0, 0.05) is 6.07 Å². The van der Waals surface area contributed by atoms with Crippen LogP contribution in [0.1, 0.15) is 5.56 Å². The highest BCUT2D eigenvalue weighted by Crippen LogP contribution is 2.02. The van der Waals surface area contributed by atoms with Crippen molar-refractivity contribution in [2.45, 2.75) is 6.54 Å². The third-order valence-electron chi connectivity index (χ3n) is 2.18. The van der Waals surface area contributed by atoms with Crippen molar-refractivity contribution >= 4 is 0 Å². The predicted molar refractivity (Wildman–Crippen MR) is 56.2 cm³/mol. The van der Waals surface area contributed by atoms with Crippen LogP contribution in [0.2, 0.25) is 0 Å². The number of halogens is 1. The molecule has 1 heterocycles. The largest absolute Gasteiger partial charge is 0.280 e. The van der Waals surface area contributed by atoms with Gasteiger partial charge < -0.3 is 0 Å². The number of aromatic nitrogens is 1. The summed E-state index contributed by atoms with van der Waals surface area (Å²) in [6, 6.07) is 13.4. The van der Waals surface area contributed by atoms with Gasteiger partial charge in [-0.05, 0) is 11.6 Å². The summed E-state index contributed by atoms with van der Waals surface area (Å²) >= 11 is 0. The van der Waals surface area contributed by atoms with E-state index in [1.807, 2.05) is 30.3 Å². The van der Waals surface area contributed by atoms with Gasteiger partial charge in [0.1, 0.15) is 0 Å². The van der Waals surface area contributed by atoms with Gasteiger partial charge in [-0.3, -0.25) is 9.36 Å². The number of hydrogen-bond donors (Lipinski definition) is 0. The maximum atomic E-state index is 13.3. The van der Waals surface area contributed by atoms with Crippen LogP contribution in [0.4, 0.5) is 4.39 Å². The molecule has 1 aromatic heterocycles. The Balaban J connectivity index is 2.37. The first-order valence-electron chi connectivity index (χ1n) is 4.66. The van der Waals surface area contributed by atoms with Crippen molar-refractivity contribution < 1.29 is 4.39 Å². The molecule has 0 aliphatic rings. The van der Waals surface area contributed by atoms with E-state index < -0.39 is 5.95 Å². The Morgan fingerprint density at radius 1 is 1.00 bits per heavy atom. The average Bonchev–Trinajstić information content (AvgIpc) is 2.25. The summed E-state index contributed by atoms with van der Waals surface area (Å²) in [6.07, 6.45) is 0. The fraction of sp³-hybridized carbons (Fsp3) is 0.0833. The molecular formula is C12H10FNO. The van der Waals surface area contributed by atoms with Gasteiger partial charge in [-0.1, -0.05) is 36.4 Å². The molecular weight excluding hydrogens is 193 g/mol. The zero-order valence-electron chi connectivity index (χ0n) is 8.06. The van der Waals surface area contributed by atoms with Crippen LogP contribution in [0.15, 0.2) is 53.3 Å². The van der Waals surface area contributed by atoms with Crippen molar-refractivity contribution in [1.29, 1.82) is 0 Å². The van der Waals surface area contributed by atoms with Crippen molar-refractivity contribution in [3.05, 3.63) is 70.4 Å². The molecule has 15 heavy (non-hydrogen) atoms. The van der Waals surface area contributed by atoms with E-state index in [1.54, 1.807) is 0 Å².